The number of carboxylic acid groups (broad SMARTS) is 1. The summed E-state index contributed by atoms with van der Waals surface area (Å²) in [5.74, 6) is -0.841. The molecule has 7 heteroatoms. The van der Waals surface area contributed by atoms with E-state index < -0.39 is 11.4 Å². The topological polar surface area (TPSA) is 107 Å². The molecule has 7 nitrogen and oxygen atoms in total. The van der Waals surface area contributed by atoms with Crippen molar-refractivity contribution < 1.29 is 14.7 Å². The Morgan fingerprint density at radius 3 is 2.76 bits per heavy atom. The second-order valence-corrected chi connectivity index (χ2v) is 4.20. The van der Waals surface area contributed by atoms with Crippen molar-refractivity contribution in [3.63, 3.8) is 0 Å². The van der Waals surface area contributed by atoms with Gasteiger partial charge in [-0.3, -0.25) is 4.79 Å². The smallest absolute Gasteiger partial charge is 0.315 e. The van der Waals surface area contributed by atoms with Crippen molar-refractivity contribution in [2.45, 2.75) is 19.4 Å². The zero-order valence-electron chi connectivity index (χ0n) is 9.19. The van der Waals surface area contributed by atoms with Crippen LogP contribution >= 0.6 is 0 Å². The van der Waals surface area contributed by atoms with Crippen LogP contribution in [-0.2, 0) is 11.3 Å². The van der Waals surface area contributed by atoms with Crippen molar-refractivity contribution >= 4 is 12.0 Å². The Labute approximate surface area is 97.6 Å². The SMILES string of the molecule is O=C(NCc1cnc[nH]1)NCC1(C(=O)O)CC1. The van der Waals surface area contributed by atoms with Crippen molar-refractivity contribution in [1.29, 1.82) is 0 Å². The lowest BCUT2D eigenvalue weighted by molar-refractivity contribution is -0.143. The van der Waals surface area contributed by atoms with E-state index >= 15 is 0 Å². The van der Waals surface area contributed by atoms with E-state index in [2.05, 4.69) is 20.6 Å². The summed E-state index contributed by atoms with van der Waals surface area (Å²) in [6, 6.07) is -0.368. The molecule has 2 amide bonds. The number of aromatic nitrogens is 2. The second kappa shape index (κ2) is 4.44. The molecular formula is C10H14N4O3. The Morgan fingerprint density at radius 1 is 1.47 bits per heavy atom. The number of nitrogens with zero attached hydrogens (tertiary/aromatic N) is 1. The van der Waals surface area contributed by atoms with Gasteiger partial charge in [0, 0.05) is 12.7 Å². The van der Waals surface area contributed by atoms with Crippen molar-refractivity contribution in [3.8, 4) is 0 Å². The third kappa shape index (κ3) is 2.74. The van der Waals surface area contributed by atoms with E-state index in [1.165, 1.54) is 6.33 Å². The molecule has 1 heterocycles. The average molecular weight is 238 g/mol. The summed E-state index contributed by atoms with van der Waals surface area (Å²) in [6.07, 6.45) is 4.39. The van der Waals surface area contributed by atoms with Gasteiger partial charge in [-0.1, -0.05) is 0 Å². The quantitative estimate of drug-likeness (QED) is 0.582. The summed E-state index contributed by atoms with van der Waals surface area (Å²) in [5, 5.41) is 14.1. The number of carbonyl (C=O) groups excluding carboxylic acids is 1. The lowest BCUT2D eigenvalue weighted by atomic mass is 10.1. The van der Waals surface area contributed by atoms with Crippen LogP contribution in [0.4, 0.5) is 4.79 Å². The molecule has 0 saturated heterocycles. The lowest BCUT2D eigenvalue weighted by Crippen LogP contribution is -2.40. The Morgan fingerprint density at radius 2 is 2.24 bits per heavy atom. The van der Waals surface area contributed by atoms with Crippen molar-refractivity contribution in [1.82, 2.24) is 20.6 Å². The summed E-state index contributed by atoms with van der Waals surface area (Å²) >= 11 is 0. The van der Waals surface area contributed by atoms with Crippen LogP contribution in [0.3, 0.4) is 0 Å². The van der Waals surface area contributed by atoms with Crippen molar-refractivity contribution in [3.05, 3.63) is 18.2 Å². The molecule has 17 heavy (non-hydrogen) atoms. The zero-order valence-corrected chi connectivity index (χ0v) is 9.19. The van der Waals surface area contributed by atoms with E-state index in [4.69, 9.17) is 5.11 Å². The van der Waals surface area contributed by atoms with Gasteiger partial charge in [-0.05, 0) is 12.8 Å². The molecule has 1 aliphatic rings. The molecule has 1 aliphatic carbocycles. The molecule has 0 bridgehead atoms. The van der Waals surface area contributed by atoms with E-state index in [0.29, 0.717) is 19.4 Å². The molecule has 0 atom stereocenters. The van der Waals surface area contributed by atoms with E-state index in [0.717, 1.165) is 5.69 Å². The minimum atomic E-state index is -0.841. The van der Waals surface area contributed by atoms with E-state index in [1.54, 1.807) is 6.20 Å². The number of aliphatic carboxylic acids is 1. The highest BCUT2D eigenvalue weighted by molar-refractivity contribution is 5.80. The summed E-state index contributed by atoms with van der Waals surface area (Å²) in [6.45, 7) is 0.517. The molecule has 2 rings (SSSR count). The van der Waals surface area contributed by atoms with Gasteiger partial charge in [-0.2, -0.15) is 0 Å². The van der Waals surface area contributed by atoms with Gasteiger partial charge < -0.3 is 20.7 Å². The standard InChI is InChI=1S/C10H14N4O3/c15-8(16)10(1-2-10)5-13-9(17)12-4-7-3-11-6-14-7/h3,6H,1-2,4-5H2,(H,11,14)(H,15,16)(H2,12,13,17). The molecule has 1 aromatic rings. The largest absolute Gasteiger partial charge is 0.481 e. The first-order valence-electron chi connectivity index (χ1n) is 5.35. The number of urea groups is 1. The number of carbonyl (C=O) groups is 2. The van der Waals surface area contributed by atoms with Gasteiger partial charge in [-0.25, -0.2) is 9.78 Å². The van der Waals surface area contributed by atoms with Crippen LogP contribution in [0.15, 0.2) is 12.5 Å². The minimum absolute atomic E-state index is 0.178. The fourth-order valence-corrected chi connectivity index (χ4v) is 1.49. The Hall–Kier alpha value is -2.05. The normalized spacial score (nSPS) is 16.2. The third-order valence-corrected chi connectivity index (χ3v) is 2.89. The van der Waals surface area contributed by atoms with Crippen molar-refractivity contribution in [2.24, 2.45) is 5.41 Å². The highest BCUT2D eigenvalue weighted by Crippen LogP contribution is 2.45. The molecule has 4 N–H and O–H groups in total. The number of amides is 2. The number of hydrogen-bond acceptors (Lipinski definition) is 3. The molecular weight excluding hydrogens is 224 g/mol. The molecule has 0 radical (unpaired) electrons. The van der Waals surface area contributed by atoms with Gasteiger partial charge in [0.05, 0.1) is 24.0 Å². The molecule has 0 spiro atoms. The average Bonchev–Trinajstić information content (AvgIpc) is 2.93. The Kier molecular flexibility index (Phi) is 2.99. The monoisotopic (exact) mass is 238 g/mol. The van der Waals surface area contributed by atoms with E-state index in [9.17, 15) is 9.59 Å². The number of H-pyrrole nitrogens is 1. The van der Waals surface area contributed by atoms with Crippen LogP contribution in [0.2, 0.25) is 0 Å². The highest BCUT2D eigenvalue weighted by Gasteiger charge is 2.50. The second-order valence-electron chi connectivity index (χ2n) is 4.20. The number of imidazole rings is 1. The van der Waals surface area contributed by atoms with Gasteiger partial charge >= 0.3 is 12.0 Å². The van der Waals surface area contributed by atoms with E-state index in [-0.39, 0.29) is 12.6 Å². The predicted octanol–water partition coefficient (Wildman–Crippen LogP) is 0.0737. The minimum Gasteiger partial charge on any atom is -0.481 e. The first-order valence-corrected chi connectivity index (χ1v) is 5.35. The number of aromatic amines is 1. The Bertz CT molecular complexity index is 411. The summed E-state index contributed by atoms with van der Waals surface area (Å²) < 4.78 is 0. The number of hydrogen-bond donors (Lipinski definition) is 4. The number of rotatable bonds is 5. The van der Waals surface area contributed by atoms with Gasteiger partial charge in [-0.15, -0.1) is 0 Å². The maximum atomic E-state index is 11.4. The predicted molar refractivity (Wildman–Crippen MR) is 58.1 cm³/mol. The zero-order chi connectivity index (χ0) is 12.3. The van der Waals surface area contributed by atoms with Crippen LogP contribution in [0, 0.1) is 5.41 Å². The van der Waals surface area contributed by atoms with Crippen LogP contribution in [0.1, 0.15) is 18.5 Å². The summed E-state index contributed by atoms with van der Waals surface area (Å²) in [7, 11) is 0. The third-order valence-electron chi connectivity index (χ3n) is 2.89. The summed E-state index contributed by atoms with van der Waals surface area (Å²) in [4.78, 5) is 28.9. The first kappa shape index (κ1) is 11.4. The van der Waals surface area contributed by atoms with E-state index in [1.807, 2.05) is 0 Å². The van der Waals surface area contributed by atoms with Gasteiger partial charge in [0.15, 0.2) is 0 Å². The summed E-state index contributed by atoms with van der Waals surface area (Å²) in [5.41, 5.74) is 0.0604. The van der Waals surface area contributed by atoms with Crippen LogP contribution in [0.5, 0.6) is 0 Å². The lowest BCUT2D eigenvalue weighted by Gasteiger charge is -2.11. The highest BCUT2D eigenvalue weighted by atomic mass is 16.4. The number of carboxylic acids is 1. The van der Waals surface area contributed by atoms with Crippen LogP contribution in [0.25, 0.3) is 0 Å². The maximum absolute atomic E-state index is 11.4. The maximum Gasteiger partial charge on any atom is 0.315 e. The molecule has 1 fully saturated rings. The molecule has 1 saturated carbocycles. The molecule has 0 unspecified atom stereocenters. The molecule has 1 aromatic heterocycles. The van der Waals surface area contributed by atoms with Gasteiger partial charge in [0.1, 0.15) is 0 Å². The fourth-order valence-electron chi connectivity index (χ4n) is 1.49. The van der Waals surface area contributed by atoms with Gasteiger partial charge in [0.2, 0.25) is 0 Å². The first-order chi connectivity index (χ1) is 8.12. The fraction of sp³-hybridized carbons (Fsp3) is 0.500. The molecule has 92 valence electrons. The molecule has 0 aliphatic heterocycles. The molecule has 0 aromatic carbocycles. The Balaban J connectivity index is 1.70. The number of nitrogens with one attached hydrogen (secondary N) is 3. The van der Waals surface area contributed by atoms with Crippen LogP contribution in [-0.4, -0.2) is 33.6 Å². The van der Waals surface area contributed by atoms with Crippen LogP contribution < -0.4 is 10.6 Å². The van der Waals surface area contributed by atoms with Crippen molar-refractivity contribution in [2.75, 3.05) is 6.54 Å². The van der Waals surface area contributed by atoms with Gasteiger partial charge in [0.25, 0.3) is 0 Å².